The van der Waals surface area contributed by atoms with E-state index in [9.17, 15) is 4.79 Å². The zero-order chi connectivity index (χ0) is 22.4. The first kappa shape index (κ1) is 21.7. The summed E-state index contributed by atoms with van der Waals surface area (Å²) in [5, 5.41) is 9.09. The number of aryl methyl sites for hydroxylation is 1. The van der Waals surface area contributed by atoms with Crippen molar-refractivity contribution in [2.24, 2.45) is 22.2 Å². The highest BCUT2D eigenvalue weighted by molar-refractivity contribution is 6.24. The van der Waals surface area contributed by atoms with Gasteiger partial charge in [-0.2, -0.15) is 5.26 Å². The standard InChI is InChI=1S/C23H26N6O2/c1-15-4-8-18(9-5-15)31-19-10-6-16(7-11-19)21(25)20(23(27)30)22(26)28-17-3-2-12-29(13-17)14-24/h4-11,17H,2-3,12-13,25H2,1H3,(H2,26,28)(H2,27,30). The second kappa shape index (κ2) is 9.67. The molecule has 1 aliphatic rings. The number of likely N-dealkylation sites (tertiary alicyclic amines) is 1. The van der Waals surface area contributed by atoms with Crippen LogP contribution in [0.15, 0.2) is 59.1 Å². The Hall–Kier alpha value is -3.99. The number of rotatable bonds is 6. The van der Waals surface area contributed by atoms with E-state index >= 15 is 0 Å². The zero-order valence-electron chi connectivity index (χ0n) is 17.4. The number of nitrogens with zero attached hydrogens (tertiary/aromatic N) is 3. The molecule has 1 unspecified atom stereocenters. The number of piperidine rings is 1. The molecule has 0 bridgehead atoms. The van der Waals surface area contributed by atoms with Gasteiger partial charge in [0.05, 0.1) is 18.3 Å². The van der Waals surface area contributed by atoms with E-state index < -0.39 is 5.91 Å². The molecule has 8 nitrogen and oxygen atoms in total. The van der Waals surface area contributed by atoms with Crippen LogP contribution in [-0.2, 0) is 4.79 Å². The predicted molar refractivity (Wildman–Crippen MR) is 120 cm³/mol. The molecule has 8 heteroatoms. The van der Waals surface area contributed by atoms with E-state index in [0.29, 0.717) is 24.4 Å². The molecule has 0 saturated carbocycles. The Morgan fingerprint density at radius 2 is 1.71 bits per heavy atom. The minimum atomic E-state index is -0.758. The van der Waals surface area contributed by atoms with Crippen LogP contribution in [0.5, 0.6) is 11.5 Å². The molecule has 2 aromatic rings. The van der Waals surface area contributed by atoms with Gasteiger partial charge in [0.25, 0.3) is 5.91 Å². The first-order valence-electron chi connectivity index (χ1n) is 10.00. The van der Waals surface area contributed by atoms with Crippen molar-refractivity contribution in [2.75, 3.05) is 13.1 Å². The molecular formula is C23H26N6O2. The molecule has 1 saturated heterocycles. The molecule has 31 heavy (non-hydrogen) atoms. The van der Waals surface area contributed by atoms with Crippen LogP contribution >= 0.6 is 0 Å². The third-order valence-corrected chi connectivity index (χ3v) is 5.05. The van der Waals surface area contributed by atoms with Crippen LogP contribution < -0.4 is 21.9 Å². The van der Waals surface area contributed by atoms with E-state index in [4.69, 9.17) is 27.2 Å². The molecule has 1 amide bonds. The van der Waals surface area contributed by atoms with Crippen molar-refractivity contribution in [3.05, 3.63) is 65.2 Å². The first-order chi connectivity index (χ1) is 14.9. The van der Waals surface area contributed by atoms with Gasteiger partial charge in [-0.15, -0.1) is 0 Å². The summed E-state index contributed by atoms with van der Waals surface area (Å²) in [6.07, 6.45) is 3.71. The fourth-order valence-electron chi connectivity index (χ4n) is 3.40. The van der Waals surface area contributed by atoms with Crippen LogP contribution in [0.4, 0.5) is 0 Å². The summed E-state index contributed by atoms with van der Waals surface area (Å²) >= 11 is 0. The van der Waals surface area contributed by atoms with Crippen LogP contribution in [0.2, 0.25) is 0 Å². The quantitative estimate of drug-likeness (QED) is 0.284. The number of carbonyl (C=O) groups excluding carboxylic acids is 1. The second-order valence-corrected chi connectivity index (χ2v) is 7.45. The number of hydrogen-bond acceptors (Lipinski definition) is 6. The number of benzene rings is 2. The largest absolute Gasteiger partial charge is 0.457 e. The van der Waals surface area contributed by atoms with Crippen molar-refractivity contribution in [1.29, 1.82) is 5.26 Å². The summed E-state index contributed by atoms with van der Waals surface area (Å²) in [6.45, 7) is 3.15. The molecule has 160 valence electrons. The molecule has 6 N–H and O–H groups in total. The van der Waals surface area contributed by atoms with Crippen molar-refractivity contribution in [1.82, 2.24) is 4.90 Å². The van der Waals surface area contributed by atoms with Crippen LogP contribution in [0.1, 0.15) is 24.0 Å². The summed E-state index contributed by atoms with van der Waals surface area (Å²) in [7, 11) is 0. The molecule has 1 heterocycles. The number of hydrogen-bond donors (Lipinski definition) is 3. The normalized spacial score (nSPS) is 17.5. The highest BCUT2D eigenvalue weighted by Crippen LogP contribution is 2.24. The number of amides is 1. The molecular weight excluding hydrogens is 392 g/mol. The van der Waals surface area contributed by atoms with Crippen LogP contribution in [0, 0.1) is 18.4 Å². The average molecular weight is 419 g/mol. The van der Waals surface area contributed by atoms with E-state index in [1.165, 1.54) is 0 Å². The van der Waals surface area contributed by atoms with Crippen molar-refractivity contribution in [3.8, 4) is 17.7 Å². The zero-order valence-corrected chi connectivity index (χ0v) is 17.4. The lowest BCUT2D eigenvalue weighted by molar-refractivity contribution is -0.114. The van der Waals surface area contributed by atoms with Gasteiger partial charge in [-0.05, 0) is 61.7 Å². The maximum atomic E-state index is 12.1. The maximum Gasteiger partial charge on any atom is 0.254 e. The van der Waals surface area contributed by atoms with Crippen molar-refractivity contribution >= 4 is 17.4 Å². The number of primary amides is 1. The summed E-state index contributed by atoms with van der Waals surface area (Å²) in [6, 6.07) is 14.5. The van der Waals surface area contributed by atoms with Gasteiger partial charge in [-0.3, -0.25) is 9.79 Å². The second-order valence-electron chi connectivity index (χ2n) is 7.45. The summed E-state index contributed by atoms with van der Waals surface area (Å²) in [5.41, 5.74) is 19.7. The van der Waals surface area contributed by atoms with E-state index in [-0.39, 0.29) is 23.1 Å². The van der Waals surface area contributed by atoms with Crippen LogP contribution in [-0.4, -0.2) is 35.8 Å². The van der Waals surface area contributed by atoms with Crippen molar-refractivity contribution in [3.63, 3.8) is 0 Å². The third kappa shape index (κ3) is 5.54. The summed E-state index contributed by atoms with van der Waals surface area (Å²) < 4.78 is 5.82. The monoisotopic (exact) mass is 418 g/mol. The van der Waals surface area contributed by atoms with E-state index in [2.05, 4.69) is 11.2 Å². The number of nitrogens with two attached hydrogens (primary N) is 3. The molecule has 2 aromatic carbocycles. The van der Waals surface area contributed by atoms with E-state index in [0.717, 1.165) is 24.2 Å². The molecule has 1 fully saturated rings. The van der Waals surface area contributed by atoms with Crippen molar-refractivity contribution in [2.45, 2.75) is 25.8 Å². The molecule has 1 atom stereocenters. The van der Waals surface area contributed by atoms with Gasteiger partial charge in [0.1, 0.15) is 22.9 Å². The van der Waals surface area contributed by atoms with Gasteiger partial charge < -0.3 is 26.8 Å². The minimum Gasteiger partial charge on any atom is -0.457 e. The Balaban J connectivity index is 1.81. The Morgan fingerprint density at radius 3 is 2.29 bits per heavy atom. The predicted octanol–water partition coefficient (Wildman–Crippen LogP) is 2.25. The summed E-state index contributed by atoms with van der Waals surface area (Å²) in [5.74, 6) is 0.567. The SMILES string of the molecule is Cc1ccc(Oc2ccc(C(N)=C(C(N)=O)C(N)=NC3CCCN(C#N)C3)cc2)cc1. The maximum absolute atomic E-state index is 12.1. The lowest BCUT2D eigenvalue weighted by Crippen LogP contribution is -2.37. The number of ether oxygens (including phenoxy) is 1. The fourth-order valence-corrected chi connectivity index (χ4v) is 3.40. The number of carbonyl (C=O) groups is 1. The summed E-state index contributed by atoms with van der Waals surface area (Å²) in [4.78, 5) is 18.1. The van der Waals surface area contributed by atoms with Crippen molar-refractivity contribution < 1.29 is 9.53 Å². The smallest absolute Gasteiger partial charge is 0.254 e. The van der Waals surface area contributed by atoms with Gasteiger partial charge in [0, 0.05) is 6.54 Å². The Labute approximate surface area is 181 Å². The average Bonchev–Trinajstić information content (AvgIpc) is 2.75. The molecule has 0 radical (unpaired) electrons. The van der Waals surface area contributed by atoms with Gasteiger partial charge >= 0.3 is 0 Å². The lowest BCUT2D eigenvalue weighted by atomic mass is 10.0. The van der Waals surface area contributed by atoms with Gasteiger partial charge in [0.2, 0.25) is 0 Å². The highest BCUT2D eigenvalue weighted by Gasteiger charge is 2.22. The molecule has 0 aliphatic carbocycles. The number of aliphatic imine (C=N–C) groups is 1. The van der Waals surface area contributed by atoms with E-state index in [1.807, 2.05) is 31.2 Å². The minimum absolute atomic E-state index is 0.0187. The van der Waals surface area contributed by atoms with Gasteiger partial charge in [-0.1, -0.05) is 17.7 Å². The number of amidine groups is 1. The van der Waals surface area contributed by atoms with Gasteiger partial charge in [0.15, 0.2) is 6.19 Å². The topological polar surface area (TPSA) is 144 Å². The van der Waals surface area contributed by atoms with E-state index in [1.54, 1.807) is 29.2 Å². The van der Waals surface area contributed by atoms with Crippen LogP contribution in [0.25, 0.3) is 5.70 Å². The molecule has 3 rings (SSSR count). The Bertz CT molecular complexity index is 1040. The van der Waals surface area contributed by atoms with Crippen LogP contribution in [0.3, 0.4) is 0 Å². The third-order valence-electron chi connectivity index (χ3n) is 5.05. The van der Waals surface area contributed by atoms with Gasteiger partial charge in [-0.25, -0.2) is 0 Å². The fraction of sp³-hybridized carbons (Fsp3) is 0.261. The molecule has 1 aliphatic heterocycles. The first-order valence-corrected chi connectivity index (χ1v) is 10.00. The Kier molecular flexibility index (Phi) is 6.78. The lowest BCUT2D eigenvalue weighted by Gasteiger charge is -2.26. The molecule has 0 spiro atoms. The highest BCUT2D eigenvalue weighted by atomic mass is 16.5. The molecule has 0 aromatic heterocycles. The Morgan fingerprint density at radius 1 is 1.10 bits per heavy atom. The number of nitriles is 1.